The summed E-state index contributed by atoms with van der Waals surface area (Å²) in [7, 11) is 1.89. The fraction of sp³-hybridized carbons (Fsp3) is 0.167. The molecule has 0 aliphatic rings. The predicted molar refractivity (Wildman–Crippen MR) is 72.1 cm³/mol. The molecule has 3 nitrogen and oxygen atoms in total. The second kappa shape index (κ2) is 5.58. The number of nitrogens with one attached hydrogen (secondary N) is 1. The molecular weight excluding hydrogens is 302 g/mol. The molecule has 88 valence electrons. The molecule has 5 heteroatoms. The average molecular weight is 313 g/mol. The molecule has 0 spiro atoms. The van der Waals surface area contributed by atoms with Crippen molar-refractivity contribution in [3.8, 4) is 0 Å². The molecule has 0 bridgehead atoms. The van der Waals surface area contributed by atoms with E-state index in [0.717, 1.165) is 15.6 Å². The van der Waals surface area contributed by atoms with Crippen LogP contribution in [0.15, 0.2) is 41.4 Å². The Hall–Kier alpha value is -0.970. The Labute approximate surface area is 113 Å². The molecule has 0 amide bonds. The van der Waals surface area contributed by atoms with E-state index in [1.54, 1.807) is 12.4 Å². The number of hydrogen-bond acceptors (Lipinski definition) is 3. The summed E-state index contributed by atoms with van der Waals surface area (Å²) in [6, 6.07) is 5.74. The van der Waals surface area contributed by atoms with Crippen LogP contribution in [0.4, 0.5) is 0 Å². The summed E-state index contributed by atoms with van der Waals surface area (Å²) in [5, 5.41) is 3.94. The topological polar surface area (TPSA) is 37.8 Å². The minimum absolute atomic E-state index is 0.0178. The largest absolute Gasteiger partial charge is 0.309 e. The number of nitrogens with zero attached hydrogens (tertiary/aromatic N) is 2. The van der Waals surface area contributed by atoms with Crippen LogP contribution in [0.2, 0.25) is 5.02 Å². The first-order valence-electron chi connectivity index (χ1n) is 5.09. The first-order valence-corrected chi connectivity index (χ1v) is 6.26. The minimum Gasteiger partial charge on any atom is -0.309 e. The number of rotatable bonds is 3. The number of aromatic nitrogens is 2. The Balaban J connectivity index is 2.46. The number of halogens is 2. The first-order chi connectivity index (χ1) is 8.22. The molecule has 2 aromatic rings. The Morgan fingerprint density at radius 3 is 2.65 bits per heavy atom. The van der Waals surface area contributed by atoms with E-state index in [1.165, 1.54) is 6.33 Å². The van der Waals surface area contributed by atoms with Crippen LogP contribution in [-0.2, 0) is 0 Å². The molecule has 0 aliphatic carbocycles. The zero-order valence-electron chi connectivity index (χ0n) is 9.19. The van der Waals surface area contributed by atoms with Crippen molar-refractivity contribution in [3.05, 3.63) is 57.5 Å². The third kappa shape index (κ3) is 2.83. The molecule has 0 saturated heterocycles. The zero-order valence-corrected chi connectivity index (χ0v) is 11.5. The molecule has 1 aromatic carbocycles. The average Bonchev–Trinajstić information content (AvgIpc) is 2.36. The van der Waals surface area contributed by atoms with E-state index in [-0.39, 0.29) is 6.04 Å². The van der Waals surface area contributed by atoms with Crippen molar-refractivity contribution in [2.24, 2.45) is 0 Å². The van der Waals surface area contributed by atoms with Crippen LogP contribution in [0.3, 0.4) is 0 Å². The Kier molecular flexibility index (Phi) is 4.10. The molecule has 0 fully saturated rings. The van der Waals surface area contributed by atoms with Crippen molar-refractivity contribution in [3.63, 3.8) is 0 Å². The fourth-order valence-corrected chi connectivity index (χ4v) is 2.35. The fourth-order valence-electron chi connectivity index (χ4n) is 1.70. The van der Waals surface area contributed by atoms with Gasteiger partial charge >= 0.3 is 0 Å². The maximum Gasteiger partial charge on any atom is 0.115 e. The van der Waals surface area contributed by atoms with Crippen molar-refractivity contribution >= 4 is 27.5 Å². The standard InChI is InChI=1S/C12H11BrClN3/c1-15-12(8-5-16-7-17-6-8)10-4-9(14)2-3-11(10)13/h2-7,12,15H,1H3. The van der Waals surface area contributed by atoms with Gasteiger partial charge in [0, 0.05) is 27.5 Å². The van der Waals surface area contributed by atoms with Crippen molar-refractivity contribution in [1.29, 1.82) is 0 Å². The summed E-state index contributed by atoms with van der Waals surface area (Å²) >= 11 is 9.56. The van der Waals surface area contributed by atoms with Gasteiger partial charge in [-0.05, 0) is 30.8 Å². The van der Waals surface area contributed by atoms with Crippen LogP contribution in [-0.4, -0.2) is 17.0 Å². The highest BCUT2D eigenvalue weighted by Gasteiger charge is 2.15. The lowest BCUT2D eigenvalue weighted by molar-refractivity contribution is 0.682. The monoisotopic (exact) mass is 311 g/mol. The molecular formula is C12H11BrClN3. The van der Waals surface area contributed by atoms with Gasteiger partial charge in [0.2, 0.25) is 0 Å². The van der Waals surface area contributed by atoms with Crippen LogP contribution in [0, 0.1) is 0 Å². The van der Waals surface area contributed by atoms with Crippen molar-refractivity contribution in [1.82, 2.24) is 15.3 Å². The van der Waals surface area contributed by atoms with Crippen molar-refractivity contribution < 1.29 is 0 Å². The van der Waals surface area contributed by atoms with Gasteiger partial charge in [-0.15, -0.1) is 0 Å². The van der Waals surface area contributed by atoms with Gasteiger partial charge in [-0.2, -0.15) is 0 Å². The van der Waals surface area contributed by atoms with Crippen LogP contribution in [0.5, 0.6) is 0 Å². The smallest absolute Gasteiger partial charge is 0.115 e. The third-order valence-corrected chi connectivity index (χ3v) is 3.43. The Bertz CT molecular complexity index is 504. The van der Waals surface area contributed by atoms with Gasteiger partial charge in [-0.3, -0.25) is 0 Å². The highest BCUT2D eigenvalue weighted by atomic mass is 79.9. The van der Waals surface area contributed by atoms with Crippen molar-refractivity contribution in [2.45, 2.75) is 6.04 Å². The summed E-state index contributed by atoms with van der Waals surface area (Å²) in [5.74, 6) is 0. The quantitative estimate of drug-likeness (QED) is 0.946. The lowest BCUT2D eigenvalue weighted by atomic mass is 10.0. The number of benzene rings is 1. The van der Waals surface area contributed by atoms with Gasteiger partial charge in [-0.25, -0.2) is 9.97 Å². The molecule has 17 heavy (non-hydrogen) atoms. The van der Waals surface area contributed by atoms with Gasteiger partial charge in [0.25, 0.3) is 0 Å². The van der Waals surface area contributed by atoms with Gasteiger partial charge in [-0.1, -0.05) is 27.5 Å². The van der Waals surface area contributed by atoms with E-state index in [4.69, 9.17) is 11.6 Å². The molecule has 0 radical (unpaired) electrons. The van der Waals surface area contributed by atoms with Crippen LogP contribution >= 0.6 is 27.5 Å². The van der Waals surface area contributed by atoms with E-state index >= 15 is 0 Å². The van der Waals surface area contributed by atoms with Crippen LogP contribution in [0.1, 0.15) is 17.2 Å². The predicted octanol–water partition coefficient (Wildman–Crippen LogP) is 3.20. The Morgan fingerprint density at radius 2 is 2.00 bits per heavy atom. The van der Waals surface area contributed by atoms with Gasteiger partial charge in [0.1, 0.15) is 6.33 Å². The molecule has 1 N–H and O–H groups in total. The maximum atomic E-state index is 6.03. The van der Waals surface area contributed by atoms with Crippen LogP contribution < -0.4 is 5.32 Å². The summed E-state index contributed by atoms with van der Waals surface area (Å²) in [5.41, 5.74) is 2.06. The lowest BCUT2D eigenvalue weighted by Crippen LogP contribution is -2.18. The summed E-state index contributed by atoms with van der Waals surface area (Å²) in [6.45, 7) is 0. The molecule has 1 unspecified atom stereocenters. The van der Waals surface area contributed by atoms with Gasteiger partial charge in [0.05, 0.1) is 6.04 Å². The molecule has 2 rings (SSSR count). The number of hydrogen-bond donors (Lipinski definition) is 1. The first kappa shape index (κ1) is 12.5. The highest BCUT2D eigenvalue weighted by molar-refractivity contribution is 9.10. The molecule has 1 heterocycles. The van der Waals surface area contributed by atoms with E-state index in [0.29, 0.717) is 5.02 Å². The van der Waals surface area contributed by atoms with Crippen LogP contribution in [0.25, 0.3) is 0 Å². The molecule has 0 saturated carbocycles. The normalized spacial score (nSPS) is 12.4. The maximum absolute atomic E-state index is 6.03. The SMILES string of the molecule is CNC(c1cncnc1)c1cc(Cl)ccc1Br. The third-order valence-electron chi connectivity index (χ3n) is 2.47. The summed E-state index contributed by atoms with van der Waals surface area (Å²) in [4.78, 5) is 8.06. The van der Waals surface area contributed by atoms with E-state index in [9.17, 15) is 0 Å². The van der Waals surface area contributed by atoms with Gasteiger partial charge in [0.15, 0.2) is 0 Å². The minimum atomic E-state index is 0.0178. The molecule has 1 atom stereocenters. The second-order valence-corrected chi connectivity index (χ2v) is 4.85. The molecule has 0 aliphatic heterocycles. The van der Waals surface area contributed by atoms with Gasteiger partial charge < -0.3 is 5.32 Å². The summed E-state index contributed by atoms with van der Waals surface area (Å²) in [6.07, 6.45) is 5.10. The zero-order chi connectivity index (χ0) is 12.3. The highest BCUT2D eigenvalue weighted by Crippen LogP contribution is 2.30. The molecule has 1 aromatic heterocycles. The van der Waals surface area contributed by atoms with Crippen molar-refractivity contribution in [2.75, 3.05) is 7.05 Å². The second-order valence-electron chi connectivity index (χ2n) is 3.56. The van der Waals surface area contributed by atoms with E-state index in [2.05, 4.69) is 31.2 Å². The van der Waals surface area contributed by atoms with E-state index in [1.807, 2.05) is 25.2 Å². The van der Waals surface area contributed by atoms with E-state index < -0.39 is 0 Å². The lowest BCUT2D eigenvalue weighted by Gasteiger charge is -2.18. The summed E-state index contributed by atoms with van der Waals surface area (Å²) < 4.78 is 1.00. The Morgan fingerprint density at radius 1 is 1.29 bits per heavy atom.